The average molecular weight is 126 g/mol. The van der Waals surface area contributed by atoms with Crippen molar-refractivity contribution in [3.63, 3.8) is 0 Å². The van der Waals surface area contributed by atoms with Gasteiger partial charge in [0.1, 0.15) is 0 Å². The van der Waals surface area contributed by atoms with E-state index in [1.54, 1.807) is 0 Å². The molecule has 0 radical (unpaired) electrons. The van der Waals surface area contributed by atoms with Crippen molar-refractivity contribution in [1.29, 1.82) is 0 Å². The van der Waals surface area contributed by atoms with Crippen LogP contribution in [0, 0.1) is 0 Å². The minimum Gasteiger partial charge on any atom is -0.300 e. The monoisotopic (exact) mass is 126 g/mol. The second-order valence-corrected chi connectivity index (χ2v) is 1.57. The Labute approximate surface area is 44.5 Å². The molecule has 0 aromatic heterocycles. The molecule has 0 rings (SSSR count). The maximum atomic E-state index is 11.8. The van der Waals surface area contributed by atoms with Crippen molar-refractivity contribution in [2.75, 3.05) is 0 Å². The lowest BCUT2D eigenvalue weighted by Crippen LogP contribution is -2.29. The molecule has 4 heteroatoms. The largest absolute Gasteiger partial charge is 0.300 e. The van der Waals surface area contributed by atoms with Crippen LogP contribution in [-0.2, 0) is 4.79 Å². The van der Waals surface area contributed by atoms with Gasteiger partial charge in [-0.15, -0.1) is 0 Å². The highest BCUT2D eigenvalue weighted by Gasteiger charge is 2.34. The Hall–Kier alpha value is -0.540. The van der Waals surface area contributed by atoms with Crippen LogP contribution in [0.2, 0.25) is 0 Å². The molecule has 0 aliphatic heterocycles. The Morgan fingerprint density at radius 3 is 2.00 bits per heavy atom. The van der Waals surface area contributed by atoms with Crippen molar-refractivity contribution in [3.8, 4) is 0 Å². The quantitative estimate of drug-likeness (QED) is 0.507. The first-order valence-electron chi connectivity index (χ1n) is 1.94. The number of hydrogen-bond acceptors (Lipinski definition) is 1. The van der Waals surface area contributed by atoms with Crippen LogP contribution < -0.4 is 0 Å². The smallest absolute Gasteiger partial charge is 0.278 e. The Morgan fingerprint density at radius 2 is 2.00 bits per heavy atom. The van der Waals surface area contributed by atoms with Crippen molar-refractivity contribution in [3.05, 3.63) is 0 Å². The Kier molecular flexibility index (Phi) is 2.01. The van der Waals surface area contributed by atoms with Gasteiger partial charge in [-0.05, 0) is 6.92 Å². The molecule has 1 unspecified atom stereocenters. The van der Waals surface area contributed by atoms with Gasteiger partial charge in [-0.3, -0.25) is 4.79 Å². The van der Waals surface area contributed by atoms with Gasteiger partial charge >= 0.3 is 0 Å². The van der Waals surface area contributed by atoms with Gasteiger partial charge in [0.05, 0.1) is 0 Å². The first-order valence-corrected chi connectivity index (χ1v) is 1.94. The summed E-state index contributed by atoms with van der Waals surface area (Å²) in [5.74, 6) is 0. The van der Waals surface area contributed by atoms with Gasteiger partial charge < -0.3 is 0 Å². The molecular weight excluding hydrogens is 121 g/mol. The number of carbonyl (C=O) groups is 1. The van der Waals surface area contributed by atoms with Gasteiger partial charge in [0, 0.05) is 0 Å². The summed E-state index contributed by atoms with van der Waals surface area (Å²) in [4.78, 5) is 9.41. The summed E-state index contributed by atoms with van der Waals surface area (Å²) in [5, 5.41) is 0. The molecule has 1 nitrogen and oxygen atoms in total. The second-order valence-electron chi connectivity index (χ2n) is 1.57. The summed E-state index contributed by atoms with van der Waals surface area (Å²) in [6.07, 6.45) is -3.63. The third kappa shape index (κ3) is 1.52. The standard InChI is InChI=1S/C4H5F3O/c1-4(7,2-8)3(5)6/h2-3H,1H3. The van der Waals surface area contributed by atoms with Crippen LogP contribution >= 0.6 is 0 Å². The Balaban J connectivity index is 3.90. The van der Waals surface area contributed by atoms with E-state index >= 15 is 0 Å². The maximum absolute atomic E-state index is 11.8. The molecule has 0 spiro atoms. The SMILES string of the molecule is CC(F)(C=O)C(F)F. The summed E-state index contributed by atoms with van der Waals surface area (Å²) >= 11 is 0. The highest BCUT2D eigenvalue weighted by atomic mass is 19.3. The molecule has 48 valence electrons. The molecule has 0 heterocycles. The van der Waals surface area contributed by atoms with Crippen molar-refractivity contribution in [2.45, 2.75) is 19.0 Å². The van der Waals surface area contributed by atoms with Crippen LogP contribution in [0.4, 0.5) is 13.2 Å². The molecule has 8 heavy (non-hydrogen) atoms. The lowest BCUT2D eigenvalue weighted by Gasteiger charge is -2.08. The molecule has 0 aromatic carbocycles. The van der Waals surface area contributed by atoms with Gasteiger partial charge in [-0.1, -0.05) is 0 Å². The van der Waals surface area contributed by atoms with Crippen LogP contribution in [0.15, 0.2) is 0 Å². The van der Waals surface area contributed by atoms with Crippen LogP contribution in [0.1, 0.15) is 6.92 Å². The van der Waals surface area contributed by atoms with Crippen molar-refractivity contribution < 1.29 is 18.0 Å². The summed E-state index contributed by atoms with van der Waals surface area (Å²) in [5.41, 5.74) is -2.97. The fourth-order valence-corrected chi connectivity index (χ4v) is 0.0514. The van der Waals surface area contributed by atoms with E-state index in [-0.39, 0.29) is 0 Å². The highest BCUT2D eigenvalue weighted by molar-refractivity contribution is 5.62. The number of carbonyl (C=O) groups excluding carboxylic acids is 1. The van der Waals surface area contributed by atoms with E-state index in [1.165, 1.54) is 0 Å². The van der Waals surface area contributed by atoms with E-state index in [2.05, 4.69) is 0 Å². The molecule has 0 N–H and O–H groups in total. The Bertz CT molecular complexity index is 89.3. The molecule has 0 bridgehead atoms. The third-order valence-electron chi connectivity index (χ3n) is 0.657. The molecule has 0 amide bonds. The first kappa shape index (κ1) is 7.46. The van der Waals surface area contributed by atoms with Crippen LogP contribution in [0.5, 0.6) is 0 Å². The van der Waals surface area contributed by atoms with Crippen molar-refractivity contribution in [2.24, 2.45) is 0 Å². The number of rotatable bonds is 2. The normalized spacial score (nSPS) is 18.1. The number of halogens is 3. The fraction of sp³-hybridized carbons (Fsp3) is 0.750. The Morgan fingerprint density at radius 1 is 1.62 bits per heavy atom. The molecule has 0 fully saturated rings. The molecule has 1 atom stereocenters. The predicted molar refractivity (Wildman–Crippen MR) is 21.6 cm³/mol. The molecule has 0 saturated heterocycles. The van der Waals surface area contributed by atoms with Gasteiger partial charge in [0.25, 0.3) is 6.43 Å². The highest BCUT2D eigenvalue weighted by Crippen LogP contribution is 2.16. The lowest BCUT2D eigenvalue weighted by molar-refractivity contribution is -0.126. The van der Waals surface area contributed by atoms with Crippen LogP contribution in [0.3, 0.4) is 0 Å². The molecule has 0 saturated carbocycles. The predicted octanol–water partition coefficient (Wildman–Crippen LogP) is 1.18. The third-order valence-corrected chi connectivity index (χ3v) is 0.657. The van der Waals surface area contributed by atoms with E-state index in [0.29, 0.717) is 6.92 Å². The second kappa shape index (κ2) is 2.15. The summed E-state index contributed by atoms with van der Waals surface area (Å²) in [7, 11) is 0. The zero-order chi connectivity index (χ0) is 6.78. The topological polar surface area (TPSA) is 17.1 Å². The van der Waals surface area contributed by atoms with Gasteiger partial charge in [0.2, 0.25) is 5.67 Å². The molecule has 0 aliphatic rings. The number of aldehydes is 1. The van der Waals surface area contributed by atoms with E-state index in [1.807, 2.05) is 0 Å². The van der Waals surface area contributed by atoms with Crippen LogP contribution in [0.25, 0.3) is 0 Å². The van der Waals surface area contributed by atoms with Gasteiger partial charge in [-0.2, -0.15) is 0 Å². The van der Waals surface area contributed by atoms with Gasteiger partial charge in [0.15, 0.2) is 6.29 Å². The maximum Gasteiger partial charge on any atom is 0.278 e. The van der Waals surface area contributed by atoms with E-state index < -0.39 is 18.4 Å². The average Bonchev–Trinajstić information content (AvgIpc) is 1.67. The summed E-state index contributed by atoms with van der Waals surface area (Å²) in [6.45, 7) is 0.532. The van der Waals surface area contributed by atoms with E-state index in [9.17, 15) is 18.0 Å². The molecule has 0 aliphatic carbocycles. The zero-order valence-corrected chi connectivity index (χ0v) is 4.20. The van der Waals surface area contributed by atoms with E-state index in [4.69, 9.17) is 0 Å². The van der Waals surface area contributed by atoms with Crippen molar-refractivity contribution in [1.82, 2.24) is 0 Å². The minimum absolute atomic E-state index is 0.405. The minimum atomic E-state index is -3.22. The zero-order valence-electron chi connectivity index (χ0n) is 4.20. The lowest BCUT2D eigenvalue weighted by atomic mass is 10.2. The molecule has 0 aromatic rings. The number of alkyl halides is 3. The molecular formula is C4H5F3O. The van der Waals surface area contributed by atoms with Crippen molar-refractivity contribution >= 4 is 6.29 Å². The van der Waals surface area contributed by atoms with Gasteiger partial charge in [-0.25, -0.2) is 13.2 Å². The van der Waals surface area contributed by atoms with Crippen LogP contribution in [-0.4, -0.2) is 18.4 Å². The summed E-state index contributed by atoms with van der Waals surface area (Å²) < 4.78 is 34.2. The summed E-state index contributed by atoms with van der Waals surface area (Å²) in [6, 6.07) is 0. The number of hydrogen-bond donors (Lipinski definition) is 0. The first-order chi connectivity index (χ1) is 3.50. The van der Waals surface area contributed by atoms with E-state index in [0.717, 1.165) is 0 Å². The fourth-order valence-electron chi connectivity index (χ4n) is 0.0514.